The third-order valence-electron chi connectivity index (χ3n) is 3.82. The van der Waals surface area contributed by atoms with E-state index in [9.17, 15) is 4.79 Å². The van der Waals surface area contributed by atoms with E-state index < -0.39 is 0 Å². The van der Waals surface area contributed by atoms with Gasteiger partial charge >= 0.3 is 6.09 Å². The lowest BCUT2D eigenvalue weighted by atomic mass is 9.93. The fourth-order valence-corrected chi connectivity index (χ4v) is 2.50. The second kappa shape index (κ2) is 7.26. The zero-order chi connectivity index (χ0) is 14.4. The Bertz CT molecular complexity index is 419. The molecule has 1 fully saturated rings. The summed E-state index contributed by atoms with van der Waals surface area (Å²) >= 11 is 0. The molecule has 5 heteroatoms. The molecule has 0 aromatic heterocycles. The molecule has 0 spiro atoms. The van der Waals surface area contributed by atoms with Crippen molar-refractivity contribution in [3.05, 3.63) is 35.9 Å². The SMILES string of the molecule is O=C(OCc1ccccc1)N1CCC(C(CO)CO)C1. The molecular formula is C15H21NO4. The van der Waals surface area contributed by atoms with Gasteiger partial charge in [0.25, 0.3) is 0 Å². The van der Waals surface area contributed by atoms with Crippen LogP contribution in [0.5, 0.6) is 0 Å². The molecule has 1 aliphatic heterocycles. The number of hydrogen-bond acceptors (Lipinski definition) is 4. The van der Waals surface area contributed by atoms with Crippen LogP contribution in [0.4, 0.5) is 4.79 Å². The van der Waals surface area contributed by atoms with Gasteiger partial charge in [0.1, 0.15) is 6.61 Å². The smallest absolute Gasteiger partial charge is 0.410 e. The molecule has 110 valence electrons. The van der Waals surface area contributed by atoms with Crippen molar-refractivity contribution in [1.82, 2.24) is 4.90 Å². The number of amides is 1. The van der Waals surface area contributed by atoms with Crippen molar-refractivity contribution >= 4 is 6.09 Å². The third-order valence-corrected chi connectivity index (χ3v) is 3.82. The Kier molecular flexibility index (Phi) is 5.38. The highest BCUT2D eigenvalue weighted by Crippen LogP contribution is 2.24. The summed E-state index contributed by atoms with van der Waals surface area (Å²) in [6, 6.07) is 9.55. The van der Waals surface area contributed by atoms with Crippen molar-refractivity contribution < 1.29 is 19.7 Å². The second-order valence-electron chi connectivity index (χ2n) is 5.16. The zero-order valence-corrected chi connectivity index (χ0v) is 11.4. The summed E-state index contributed by atoms with van der Waals surface area (Å²) in [6.45, 7) is 1.33. The number of nitrogens with zero attached hydrogens (tertiary/aromatic N) is 1. The summed E-state index contributed by atoms with van der Waals surface area (Å²) < 4.78 is 5.27. The molecule has 2 N–H and O–H groups in total. The first-order valence-corrected chi connectivity index (χ1v) is 6.92. The molecule has 1 aromatic carbocycles. The first-order chi connectivity index (χ1) is 9.74. The van der Waals surface area contributed by atoms with Gasteiger partial charge in [0.15, 0.2) is 0 Å². The lowest BCUT2D eigenvalue weighted by Gasteiger charge is -2.20. The van der Waals surface area contributed by atoms with E-state index in [1.54, 1.807) is 4.90 Å². The van der Waals surface area contributed by atoms with Crippen molar-refractivity contribution in [3.8, 4) is 0 Å². The van der Waals surface area contributed by atoms with Crippen LogP contribution >= 0.6 is 0 Å². The maximum atomic E-state index is 11.9. The van der Waals surface area contributed by atoms with Crippen molar-refractivity contribution in [2.24, 2.45) is 11.8 Å². The number of carbonyl (C=O) groups is 1. The van der Waals surface area contributed by atoms with Gasteiger partial charge in [0, 0.05) is 32.2 Å². The average molecular weight is 279 g/mol. The van der Waals surface area contributed by atoms with Gasteiger partial charge in [0.2, 0.25) is 0 Å². The van der Waals surface area contributed by atoms with Gasteiger partial charge in [-0.25, -0.2) is 4.79 Å². The van der Waals surface area contributed by atoms with Crippen molar-refractivity contribution in [2.75, 3.05) is 26.3 Å². The number of ether oxygens (including phenoxy) is 1. The first-order valence-electron chi connectivity index (χ1n) is 6.92. The van der Waals surface area contributed by atoms with Crippen LogP contribution in [0.1, 0.15) is 12.0 Å². The Morgan fingerprint density at radius 2 is 2.00 bits per heavy atom. The Balaban J connectivity index is 1.79. The highest BCUT2D eigenvalue weighted by atomic mass is 16.6. The second-order valence-corrected chi connectivity index (χ2v) is 5.16. The highest BCUT2D eigenvalue weighted by Gasteiger charge is 2.31. The van der Waals surface area contributed by atoms with Gasteiger partial charge in [-0.3, -0.25) is 0 Å². The molecule has 1 aromatic rings. The molecule has 1 atom stereocenters. The summed E-state index contributed by atoms with van der Waals surface area (Å²) in [6.07, 6.45) is 0.470. The summed E-state index contributed by atoms with van der Waals surface area (Å²) in [4.78, 5) is 13.6. The summed E-state index contributed by atoms with van der Waals surface area (Å²) in [5.74, 6) is -0.00352. The van der Waals surface area contributed by atoms with Crippen LogP contribution in [0.15, 0.2) is 30.3 Å². The van der Waals surface area contributed by atoms with E-state index in [-0.39, 0.29) is 37.7 Å². The number of likely N-dealkylation sites (tertiary alicyclic amines) is 1. The molecule has 2 rings (SSSR count). The summed E-state index contributed by atoms with van der Waals surface area (Å²) in [5.41, 5.74) is 0.959. The summed E-state index contributed by atoms with van der Waals surface area (Å²) in [5, 5.41) is 18.3. The minimum Gasteiger partial charge on any atom is -0.445 e. The Hall–Kier alpha value is -1.59. The number of benzene rings is 1. The Labute approximate surface area is 118 Å². The number of hydrogen-bond donors (Lipinski definition) is 2. The molecule has 1 saturated heterocycles. The van der Waals surface area contributed by atoms with Crippen molar-refractivity contribution in [2.45, 2.75) is 13.0 Å². The minimum atomic E-state index is -0.328. The molecule has 0 radical (unpaired) electrons. The van der Waals surface area contributed by atoms with Gasteiger partial charge in [-0.15, -0.1) is 0 Å². The fourth-order valence-electron chi connectivity index (χ4n) is 2.50. The zero-order valence-electron chi connectivity index (χ0n) is 11.4. The quantitative estimate of drug-likeness (QED) is 0.851. The minimum absolute atomic E-state index is 0.0475. The number of rotatable bonds is 5. The number of aliphatic hydroxyl groups is 2. The third kappa shape index (κ3) is 3.71. The molecule has 20 heavy (non-hydrogen) atoms. The largest absolute Gasteiger partial charge is 0.445 e. The molecule has 1 amide bonds. The van der Waals surface area contributed by atoms with Gasteiger partial charge in [-0.2, -0.15) is 0 Å². The lowest BCUT2D eigenvalue weighted by molar-refractivity contribution is 0.0902. The van der Waals surface area contributed by atoms with Gasteiger partial charge in [-0.05, 0) is 17.9 Å². The standard InChI is InChI=1S/C15H21NO4/c17-9-14(10-18)13-6-7-16(8-13)15(19)20-11-12-4-2-1-3-5-12/h1-5,13-14,17-18H,6-11H2. The van der Waals surface area contributed by atoms with E-state index in [0.29, 0.717) is 13.1 Å². The van der Waals surface area contributed by atoms with E-state index in [4.69, 9.17) is 14.9 Å². The van der Waals surface area contributed by atoms with Gasteiger partial charge in [0.05, 0.1) is 0 Å². The van der Waals surface area contributed by atoms with E-state index in [2.05, 4.69) is 0 Å². The topological polar surface area (TPSA) is 70.0 Å². The van der Waals surface area contributed by atoms with E-state index in [1.165, 1.54) is 0 Å². The van der Waals surface area contributed by atoms with Crippen LogP contribution in [-0.2, 0) is 11.3 Å². The molecule has 1 heterocycles. The number of aliphatic hydroxyl groups excluding tert-OH is 2. The fraction of sp³-hybridized carbons (Fsp3) is 0.533. The predicted octanol–water partition coefficient (Wildman–Crippen LogP) is 1.25. The average Bonchev–Trinajstić information content (AvgIpc) is 2.97. The van der Waals surface area contributed by atoms with Crippen LogP contribution < -0.4 is 0 Å². The van der Waals surface area contributed by atoms with Crippen molar-refractivity contribution in [3.63, 3.8) is 0 Å². The molecular weight excluding hydrogens is 258 g/mol. The van der Waals surface area contributed by atoms with Crippen LogP contribution in [-0.4, -0.2) is 47.5 Å². The van der Waals surface area contributed by atoms with Crippen molar-refractivity contribution in [1.29, 1.82) is 0 Å². The van der Waals surface area contributed by atoms with E-state index in [0.717, 1.165) is 12.0 Å². The van der Waals surface area contributed by atoms with Gasteiger partial charge < -0.3 is 19.8 Å². The van der Waals surface area contributed by atoms with Gasteiger partial charge in [-0.1, -0.05) is 30.3 Å². The summed E-state index contributed by atoms with van der Waals surface area (Å²) in [7, 11) is 0. The number of carbonyl (C=O) groups excluding carboxylic acids is 1. The highest BCUT2D eigenvalue weighted by molar-refractivity contribution is 5.68. The molecule has 5 nitrogen and oxygen atoms in total. The first kappa shape index (κ1) is 14.8. The van der Waals surface area contributed by atoms with Crippen LogP contribution in [0.25, 0.3) is 0 Å². The monoisotopic (exact) mass is 279 g/mol. The van der Waals surface area contributed by atoms with Crippen LogP contribution in [0.3, 0.4) is 0 Å². The maximum absolute atomic E-state index is 11.9. The Morgan fingerprint density at radius 1 is 1.30 bits per heavy atom. The van der Waals surface area contributed by atoms with E-state index in [1.807, 2.05) is 30.3 Å². The molecule has 1 unspecified atom stereocenters. The van der Waals surface area contributed by atoms with Crippen LogP contribution in [0.2, 0.25) is 0 Å². The Morgan fingerprint density at radius 3 is 2.65 bits per heavy atom. The van der Waals surface area contributed by atoms with Crippen LogP contribution in [0, 0.1) is 11.8 Å². The molecule has 0 saturated carbocycles. The maximum Gasteiger partial charge on any atom is 0.410 e. The van der Waals surface area contributed by atoms with E-state index >= 15 is 0 Å². The predicted molar refractivity (Wildman–Crippen MR) is 74.0 cm³/mol. The molecule has 0 aliphatic carbocycles. The molecule has 1 aliphatic rings. The lowest BCUT2D eigenvalue weighted by Crippen LogP contribution is -2.31. The normalized spacial score (nSPS) is 18.6. The molecule has 0 bridgehead atoms.